The average Bonchev–Trinajstić information content (AvgIpc) is 2.41. The van der Waals surface area contributed by atoms with Gasteiger partial charge in [0.2, 0.25) is 0 Å². The molecule has 0 bridgehead atoms. The van der Waals surface area contributed by atoms with Crippen LogP contribution in [0.15, 0.2) is 11.8 Å². The van der Waals surface area contributed by atoms with Crippen molar-refractivity contribution in [1.82, 2.24) is 9.80 Å². The Morgan fingerprint density at radius 3 is 2.09 bits per heavy atom. The number of hydrogen-bond acceptors (Lipinski definition) is 4. The van der Waals surface area contributed by atoms with E-state index in [1.54, 1.807) is 11.1 Å². The van der Waals surface area contributed by atoms with E-state index in [0.717, 1.165) is 13.1 Å². The maximum Gasteiger partial charge on any atom is 0.266 e. The lowest BCUT2D eigenvalue weighted by molar-refractivity contribution is -0.138. The highest BCUT2D eigenvalue weighted by Gasteiger charge is 2.28. The van der Waals surface area contributed by atoms with Gasteiger partial charge in [-0.1, -0.05) is 27.7 Å². The van der Waals surface area contributed by atoms with Crippen molar-refractivity contribution < 1.29 is 9.53 Å². The number of nitrogens with zero attached hydrogens (tertiary/aromatic N) is 3. The predicted molar refractivity (Wildman–Crippen MR) is 91.5 cm³/mol. The van der Waals surface area contributed by atoms with Gasteiger partial charge in [-0.3, -0.25) is 4.79 Å². The zero-order chi connectivity index (χ0) is 17.6. The van der Waals surface area contributed by atoms with Gasteiger partial charge in [0.15, 0.2) is 0 Å². The Morgan fingerprint density at radius 1 is 1.22 bits per heavy atom. The Balaban J connectivity index is 2.90. The Bertz CT molecular complexity index is 445. The molecular formula is C18H31N3O2. The molecule has 0 spiro atoms. The lowest BCUT2D eigenvalue weighted by Crippen LogP contribution is -2.48. The minimum absolute atomic E-state index is 0.00470. The molecule has 1 fully saturated rings. The van der Waals surface area contributed by atoms with Crippen LogP contribution < -0.4 is 0 Å². The van der Waals surface area contributed by atoms with Gasteiger partial charge in [0.1, 0.15) is 11.6 Å². The largest absolute Gasteiger partial charge is 0.376 e. The van der Waals surface area contributed by atoms with Crippen LogP contribution in [0.2, 0.25) is 0 Å². The first-order valence-corrected chi connectivity index (χ1v) is 8.53. The third-order valence-electron chi connectivity index (χ3n) is 3.57. The van der Waals surface area contributed by atoms with E-state index in [9.17, 15) is 10.1 Å². The molecule has 1 heterocycles. The zero-order valence-corrected chi connectivity index (χ0v) is 15.4. The maximum atomic E-state index is 12.7. The van der Waals surface area contributed by atoms with Crippen molar-refractivity contribution in [3.63, 3.8) is 0 Å². The fourth-order valence-corrected chi connectivity index (χ4v) is 2.95. The van der Waals surface area contributed by atoms with Gasteiger partial charge in [-0.05, 0) is 25.7 Å². The summed E-state index contributed by atoms with van der Waals surface area (Å²) in [6.45, 7) is 15.2. The highest BCUT2D eigenvalue weighted by atomic mass is 16.5. The molecule has 2 unspecified atom stereocenters. The van der Waals surface area contributed by atoms with Crippen molar-refractivity contribution in [2.45, 2.75) is 53.8 Å². The Morgan fingerprint density at radius 2 is 1.70 bits per heavy atom. The summed E-state index contributed by atoms with van der Waals surface area (Å²) in [6.07, 6.45) is 1.75. The van der Waals surface area contributed by atoms with Crippen LogP contribution in [0.25, 0.3) is 0 Å². The topological polar surface area (TPSA) is 56.6 Å². The summed E-state index contributed by atoms with van der Waals surface area (Å²) in [4.78, 5) is 16.5. The molecule has 0 aromatic rings. The van der Waals surface area contributed by atoms with Crippen LogP contribution in [0.5, 0.6) is 0 Å². The Kier molecular flexibility index (Phi) is 7.57. The number of hydrogen-bond donors (Lipinski definition) is 0. The molecule has 1 saturated heterocycles. The summed E-state index contributed by atoms with van der Waals surface area (Å²) >= 11 is 0. The number of carbonyl (C=O) groups is 1. The minimum Gasteiger partial charge on any atom is -0.376 e. The molecule has 1 amide bonds. The zero-order valence-electron chi connectivity index (χ0n) is 15.4. The van der Waals surface area contributed by atoms with E-state index in [4.69, 9.17) is 4.74 Å². The van der Waals surface area contributed by atoms with Crippen LogP contribution in [0.3, 0.4) is 0 Å². The molecule has 0 radical (unpaired) electrons. The molecule has 1 aliphatic heterocycles. The van der Waals surface area contributed by atoms with Gasteiger partial charge in [0.05, 0.1) is 12.2 Å². The van der Waals surface area contributed by atoms with Crippen molar-refractivity contribution in [3.8, 4) is 6.07 Å². The first-order valence-electron chi connectivity index (χ1n) is 8.53. The van der Waals surface area contributed by atoms with Crippen molar-refractivity contribution in [3.05, 3.63) is 11.8 Å². The van der Waals surface area contributed by atoms with Gasteiger partial charge in [0, 0.05) is 32.4 Å². The number of rotatable bonds is 6. The van der Waals surface area contributed by atoms with Crippen molar-refractivity contribution in [1.29, 1.82) is 5.26 Å². The molecule has 1 rings (SSSR count). The molecule has 0 aromatic heterocycles. The standard InChI is InChI=1S/C18H31N3O2/c1-13(2)8-20(9-14(3)4)12-17(7-19)18(22)21-10-15(5)23-16(6)11-21/h12-16H,8-11H2,1-6H3/b17-12-. The van der Waals surface area contributed by atoms with Gasteiger partial charge in [0.25, 0.3) is 5.91 Å². The van der Waals surface area contributed by atoms with Crippen LogP contribution in [0.1, 0.15) is 41.5 Å². The van der Waals surface area contributed by atoms with Crippen LogP contribution in [-0.4, -0.2) is 54.1 Å². The lowest BCUT2D eigenvalue weighted by atomic mass is 10.1. The van der Waals surface area contributed by atoms with Gasteiger partial charge in [-0.15, -0.1) is 0 Å². The summed E-state index contributed by atoms with van der Waals surface area (Å²) in [7, 11) is 0. The minimum atomic E-state index is -0.188. The fourth-order valence-electron chi connectivity index (χ4n) is 2.95. The maximum absolute atomic E-state index is 12.7. The van der Waals surface area contributed by atoms with E-state index in [1.165, 1.54) is 0 Å². The molecule has 5 heteroatoms. The molecule has 0 N–H and O–H groups in total. The second-order valence-corrected chi connectivity index (χ2v) is 7.36. The Labute approximate surface area is 140 Å². The van der Waals surface area contributed by atoms with Crippen LogP contribution in [-0.2, 0) is 9.53 Å². The molecule has 2 atom stereocenters. The Hall–Kier alpha value is -1.54. The summed E-state index contributed by atoms with van der Waals surface area (Å²) in [5.74, 6) is 0.763. The van der Waals surface area contributed by atoms with Gasteiger partial charge in [-0.25, -0.2) is 0 Å². The van der Waals surface area contributed by atoms with Gasteiger partial charge < -0.3 is 14.5 Å². The molecule has 1 aliphatic rings. The third kappa shape index (κ3) is 6.62. The highest BCUT2D eigenvalue weighted by molar-refractivity contribution is 5.97. The first kappa shape index (κ1) is 19.5. The molecule has 130 valence electrons. The molecule has 0 aromatic carbocycles. The lowest BCUT2D eigenvalue weighted by Gasteiger charge is -2.35. The number of carbonyl (C=O) groups excluding carboxylic acids is 1. The van der Waals surface area contributed by atoms with E-state index in [1.807, 2.05) is 13.8 Å². The summed E-state index contributed by atoms with van der Waals surface area (Å²) < 4.78 is 5.66. The van der Waals surface area contributed by atoms with Crippen molar-refractivity contribution >= 4 is 5.91 Å². The smallest absolute Gasteiger partial charge is 0.266 e. The molecule has 0 aliphatic carbocycles. The van der Waals surface area contributed by atoms with Crippen LogP contribution in [0.4, 0.5) is 0 Å². The van der Waals surface area contributed by atoms with Crippen LogP contribution >= 0.6 is 0 Å². The van der Waals surface area contributed by atoms with Gasteiger partial charge >= 0.3 is 0 Å². The van der Waals surface area contributed by atoms with Crippen molar-refractivity contribution in [2.24, 2.45) is 11.8 Å². The van der Waals surface area contributed by atoms with E-state index in [2.05, 4.69) is 38.7 Å². The highest BCUT2D eigenvalue weighted by Crippen LogP contribution is 2.15. The predicted octanol–water partition coefficient (Wildman–Crippen LogP) is 2.64. The average molecular weight is 321 g/mol. The quantitative estimate of drug-likeness (QED) is 0.557. The summed E-state index contributed by atoms with van der Waals surface area (Å²) in [6, 6.07) is 2.09. The van der Waals surface area contributed by atoms with Gasteiger partial charge in [-0.2, -0.15) is 5.26 Å². The third-order valence-corrected chi connectivity index (χ3v) is 3.57. The van der Waals surface area contributed by atoms with Crippen molar-refractivity contribution in [2.75, 3.05) is 26.2 Å². The van der Waals surface area contributed by atoms with Crippen LogP contribution in [0, 0.1) is 23.2 Å². The molecule has 0 saturated carbocycles. The molecule has 23 heavy (non-hydrogen) atoms. The fraction of sp³-hybridized carbons (Fsp3) is 0.778. The number of ether oxygens (including phenoxy) is 1. The normalized spacial score (nSPS) is 22.4. The number of morpholine rings is 1. The van der Waals surface area contributed by atoms with E-state index >= 15 is 0 Å². The molecular weight excluding hydrogens is 290 g/mol. The second kappa shape index (κ2) is 8.93. The number of nitriles is 1. The van der Waals surface area contributed by atoms with E-state index in [-0.39, 0.29) is 23.7 Å². The first-order chi connectivity index (χ1) is 10.7. The number of amides is 1. The monoisotopic (exact) mass is 321 g/mol. The second-order valence-electron chi connectivity index (χ2n) is 7.36. The summed E-state index contributed by atoms with van der Waals surface area (Å²) in [5.41, 5.74) is 0.215. The molecule has 5 nitrogen and oxygen atoms in total. The SMILES string of the molecule is CC(C)CN(/C=C(/C#N)C(=O)N1CC(C)OC(C)C1)CC(C)C. The van der Waals surface area contributed by atoms with E-state index in [0.29, 0.717) is 24.9 Å². The summed E-state index contributed by atoms with van der Waals surface area (Å²) in [5, 5.41) is 9.45. The van der Waals surface area contributed by atoms with E-state index < -0.39 is 0 Å².